The van der Waals surface area contributed by atoms with E-state index in [1.165, 1.54) is 12.3 Å². The predicted molar refractivity (Wildman–Crippen MR) is 93.9 cm³/mol. The second-order valence-electron chi connectivity index (χ2n) is 4.40. The molecule has 0 atom stereocenters. The molecule has 2 aromatic carbocycles. The van der Waals surface area contributed by atoms with Gasteiger partial charge in [0.05, 0.1) is 10.7 Å². The highest BCUT2D eigenvalue weighted by Gasteiger charge is 2.11. The van der Waals surface area contributed by atoms with Crippen molar-refractivity contribution in [2.24, 2.45) is 0 Å². The number of halogens is 3. The van der Waals surface area contributed by atoms with Crippen LogP contribution in [0.3, 0.4) is 0 Å². The topological polar surface area (TPSA) is 64.9 Å². The molecule has 2 rings (SSSR count). The third-order valence-electron chi connectivity index (χ3n) is 2.75. The third-order valence-corrected chi connectivity index (χ3v) is 3.54. The van der Waals surface area contributed by atoms with Crippen molar-refractivity contribution in [3.05, 3.63) is 69.3 Å². The van der Waals surface area contributed by atoms with Crippen LogP contribution in [0, 0.1) is 11.3 Å². The number of hydrogen-bond donors (Lipinski definition) is 2. The van der Waals surface area contributed by atoms with Crippen LogP contribution in [0.4, 0.5) is 11.4 Å². The molecule has 0 saturated heterocycles. The highest BCUT2D eigenvalue weighted by atomic mass is 35.5. The van der Waals surface area contributed by atoms with Crippen LogP contribution in [0.1, 0.15) is 0 Å². The molecule has 7 heteroatoms. The number of carbonyl (C=O) groups excluding carboxylic acids is 1. The van der Waals surface area contributed by atoms with Gasteiger partial charge in [-0.2, -0.15) is 5.26 Å². The van der Waals surface area contributed by atoms with Crippen LogP contribution in [-0.2, 0) is 4.79 Å². The summed E-state index contributed by atoms with van der Waals surface area (Å²) in [5, 5.41) is 15.8. The Balaban J connectivity index is 2.12. The van der Waals surface area contributed by atoms with Gasteiger partial charge in [-0.05, 0) is 36.4 Å². The van der Waals surface area contributed by atoms with Crippen molar-refractivity contribution in [2.75, 3.05) is 10.6 Å². The highest BCUT2D eigenvalue weighted by molar-refractivity contribution is 6.36. The van der Waals surface area contributed by atoms with Gasteiger partial charge in [0.15, 0.2) is 0 Å². The van der Waals surface area contributed by atoms with Gasteiger partial charge in [0, 0.05) is 21.9 Å². The number of benzene rings is 2. The smallest absolute Gasteiger partial charge is 0.267 e. The summed E-state index contributed by atoms with van der Waals surface area (Å²) in [6.45, 7) is 0. The van der Waals surface area contributed by atoms with Gasteiger partial charge < -0.3 is 10.6 Å². The summed E-state index contributed by atoms with van der Waals surface area (Å²) in [6, 6.07) is 13.4. The number of carbonyl (C=O) groups is 1. The van der Waals surface area contributed by atoms with E-state index in [1.54, 1.807) is 36.4 Å². The van der Waals surface area contributed by atoms with Crippen molar-refractivity contribution in [3.8, 4) is 6.07 Å². The summed E-state index contributed by atoms with van der Waals surface area (Å²) < 4.78 is 0. The van der Waals surface area contributed by atoms with Crippen LogP contribution < -0.4 is 10.6 Å². The van der Waals surface area contributed by atoms with E-state index in [1.807, 2.05) is 6.07 Å². The molecule has 4 nitrogen and oxygen atoms in total. The normalized spacial score (nSPS) is 10.8. The lowest BCUT2D eigenvalue weighted by Crippen LogP contribution is -2.14. The zero-order valence-corrected chi connectivity index (χ0v) is 13.9. The minimum absolute atomic E-state index is 0.115. The van der Waals surface area contributed by atoms with Gasteiger partial charge >= 0.3 is 0 Å². The number of amides is 1. The van der Waals surface area contributed by atoms with Crippen molar-refractivity contribution in [1.82, 2.24) is 0 Å². The Bertz CT molecular complexity index is 812. The Hall–Kier alpha value is -2.19. The van der Waals surface area contributed by atoms with Crippen molar-refractivity contribution < 1.29 is 4.79 Å². The van der Waals surface area contributed by atoms with Crippen LogP contribution in [0.2, 0.25) is 15.1 Å². The molecule has 0 saturated carbocycles. The molecule has 0 radical (unpaired) electrons. The van der Waals surface area contributed by atoms with Gasteiger partial charge in [-0.1, -0.05) is 40.9 Å². The molecule has 0 aromatic heterocycles. The molecule has 2 aromatic rings. The average molecular weight is 367 g/mol. The van der Waals surface area contributed by atoms with Gasteiger partial charge in [0.2, 0.25) is 0 Å². The first-order valence-corrected chi connectivity index (χ1v) is 7.52. The number of anilines is 2. The maximum absolute atomic E-state index is 12.1. The zero-order valence-electron chi connectivity index (χ0n) is 11.6. The van der Waals surface area contributed by atoms with Gasteiger partial charge in [-0.25, -0.2) is 0 Å². The molecule has 0 heterocycles. The fourth-order valence-electron chi connectivity index (χ4n) is 1.66. The summed E-state index contributed by atoms with van der Waals surface area (Å²) >= 11 is 17.6. The van der Waals surface area contributed by atoms with Gasteiger partial charge in [0.25, 0.3) is 5.91 Å². The Kier molecular flexibility index (Phi) is 5.89. The maximum Gasteiger partial charge on any atom is 0.267 e. The van der Waals surface area contributed by atoms with E-state index >= 15 is 0 Å². The van der Waals surface area contributed by atoms with Gasteiger partial charge in [-0.3, -0.25) is 4.79 Å². The van der Waals surface area contributed by atoms with E-state index in [2.05, 4.69) is 10.6 Å². The Labute approximate surface area is 148 Å². The van der Waals surface area contributed by atoms with E-state index in [9.17, 15) is 4.79 Å². The largest absolute Gasteiger partial charge is 0.360 e. The van der Waals surface area contributed by atoms with Gasteiger partial charge in [-0.15, -0.1) is 0 Å². The molecule has 116 valence electrons. The van der Waals surface area contributed by atoms with Gasteiger partial charge in [0.1, 0.15) is 11.6 Å². The number of nitriles is 1. The first-order valence-electron chi connectivity index (χ1n) is 6.38. The fourth-order valence-corrected chi connectivity index (χ4v) is 2.31. The summed E-state index contributed by atoms with van der Waals surface area (Å²) in [6.07, 6.45) is 1.30. The molecule has 0 aliphatic carbocycles. The lowest BCUT2D eigenvalue weighted by atomic mass is 10.2. The molecule has 0 bridgehead atoms. The van der Waals surface area contributed by atoms with Crippen LogP contribution in [-0.4, -0.2) is 5.91 Å². The maximum atomic E-state index is 12.1. The van der Waals surface area contributed by atoms with E-state index < -0.39 is 5.91 Å². The summed E-state index contributed by atoms with van der Waals surface area (Å²) in [7, 11) is 0. The molecule has 1 amide bonds. The molecule has 0 fully saturated rings. The first-order chi connectivity index (χ1) is 11.0. The van der Waals surface area contributed by atoms with Crippen LogP contribution >= 0.6 is 34.8 Å². The fraction of sp³-hybridized carbons (Fsp3) is 0. The van der Waals surface area contributed by atoms with E-state index in [0.29, 0.717) is 21.4 Å². The molecule has 0 aliphatic rings. The molecular weight excluding hydrogens is 357 g/mol. The molecule has 23 heavy (non-hydrogen) atoms. The number of hydrogen-bond acceptors (Lipinski definition) is 3. The Morgan fingerprint density at radius 2 is 1.83 bits per heavy atom. The van der Waals surface area contributed by atoms with Crippen LogP contribution in [0.25, 0.3) is 0 Å². The molecular formula is C16H10Cl3N3O. The number of nitrogens with zero attached hydrogens (tertiary/aromatic N) is 1. The van der Waals surface area contributed by atoms with E-state index in [-0.39, 0.29) is 10.6 Å². The number of nitrogens with one attached hydrogen (secondary N) is 2. The molecule has 0 unspecified atom stereocenters. The SMILES string of the molecule is N#C/C(=C/Nc1cccc(Cl)c1)C(=O)Nc1ccc(Cl)cc1Cl. The molecule has 0 spiro atoms. The van der Waals surface area contributed by atoms with Crippen molar-refractivity contribution in [3.63, 3.8) is 0 Å². The second-order valence-corrected chi connectivity index (χ2v) is 5.68. The van der Waals surface area contributed by atoms with Crippen LogP contribution in [0.5, 0.6) is 0 Å². The monoisotopic (exact) mass is 365 g/mol. The molecule has 0 aliphatic heterocycles. The lowest BCUT2D eigenvalue weighted by Gasteiger charge is -2.07. The summed E-state index contributed by atoms with van der Waals surface area (Å²) in [5.41, 5.74) is 0.906. The van der Waals surface area contributed by atoms with Crippen molar-refractivity contribution >= 4 is 52.1 Å². The zero-order chi connectivity index (χ0) is 16.8. The quantitative estimate of drug-likeness (QED) is 0.584. The first kappa shape index (κ1) is 17.2. The number of rotatable bonds is 4. The highest BCUT2D eigenvalue weighted by Crippen LogP contribution is 2.25. The minimum Gasteiger partial charge on any atom is -0.360 e. The Morgan fingerprint density at radius 3 is 2.48 bits per heavy atom. The summed E-state index contributed by atoms with van der Waals surface area (Å²) in [4.78, 5) is 12.1. The van der Waals surface area contributed by atoms with Crippen molar-refractivity contribution in [2.45, 2.75) is 0 Å². The minimum atomic E-state index is -0.591. The Morgan fingerprint density at radius 1 is 1.09 bits per heavy atom. The van der Waals surface area contributed by atoms with Crippen molar-refractivity contribution in [1.29, 1.82) is 5.26 Å². The molecule has 2 N–H and O–H groups in total. The van der Waals surface area contributed by atoms with E-state index in [0.717, 1.165) is 0 Å². The summed E-state index contributed by atoms with van der Waals surface area (Å²) in [5.74, 6) is -0.591. The lowest BCUT2D eigenvalue weighted by molar-refractivity contribution is -0.112. The van der Waals surface area contributed by atoms with Crippen LogP contribution in [0.15, 0.2) is 54.2 Å². The van der Waals surface area contributed by atoms with E-state index in [4.69, 9.17) is 40.1 Å². The third kappa shape index (κ3) is 4.90. The second kappa shape index (κ2) is 7.89. The average Bonchev–Trinajstić information content (AvgIpc) is 2.51. The standard InChI is InChI=1S/C16H10Cl3N3O/c17-11-2-1-3-13(6-11)21-9-10(8-20)16(23)22-15-5-4-12(18)7-14(15)19/h1-7,9,21H,(H,22,23)/b10-9-. The predicted octanol–water partition coefficient (Wildman–Crippen LogP) is 5.10.